The molecule has 2 atom stereocenters. The van der Waals surface area contributed by atoms with Crippen LogP contribution < -0.4 is 5.73 Å². The summed E-state index contributed by atoms with van der Waals surface area (Å²) in [4.78, 5) is 6.72. The minimum atomic E-state index is 0.332. The molecule has 2 unspecified atom stereocenters. The molecule has 0 amide bonds. The predicted molar refractivity (Wildman–Crippen MR) is 55.7 cm³/mol. The molecule has 1 aromatic rings. The van der Waals surface area contributed by atoms with Gasteiger partial charge in [-0.1, -0.05) is 0 Å². The van der Waals surface area contributed by atoms with Crippen molar-refractivity contribution in [1.82, 2.24) is 14.5 Å². The van der Waals surface area contributed by atoms with Crippen molar-refractivity contribution in [2.45, 2.75) is 32.0 Å². The molecule has 0 aromatic carbocycles. The first-order valence-electron chi connectivity index (χ1n) is 5.13. The Morgan fingerprint density at radius 3 is 2.93 bits per heavy atom. The summed E-state index contributed by atoms with van der Waals surface area (Å²) >= 11 is 0. The van der Waals surface area contributed by atoms with E-state index >= 15 is 0 Å². The summed E-state index contributed by atoms with van der Waals surface area (Å²) in [7, 11) is 2.00. The van der Waals surface area contributed by atoms with E-state index in [1.54, 1.807) is 0 Å². The third-order valence-electron chi connectivity index (χ3n) is 3.07. The maximum atomic E-state index is 5.96. The van der Waals surface area contributed by atoms with Crippen LogP contribution in [0.25, 0.3) is 0 Å². The molecule has 2 rings (SSSR count). The number of nitrogens with two attached hydrogens (primary N) is 1. The van der Waals surface area contributed by atoms with E-state index in [-0.39, 0.29) is 0 Å². The second-order valence-electron chi connectivity index (χ2n) is 4.19. The van der Waals surface area contributed by atoms with Crippen molar-refractivity contribution in [3.63, 3.8) is 0 Å². The average Bonchev–Trinajstić information content (AvgIpc) is 2.67. The van der Waals surface area contributed by atoms with Gasteiger partial charge in [-0.2, -0.15) is 0 Å². The number of rotatable bonds is 2. The summed E-state index contributed by atoms with van der Waals surface area (Å²) in [5.74, 6) is 0. The second-order valence-corrected chi connectivity index (χ2v) is 4.19. The molecule has 4 nitrogen and oxygen atoms in total. The van der Waals surface area contributed by atoms with Gasteiger partial charge in [0, 0.05) is 38.4 Å². The zero-order valence-corrected chi connectivity index (χ0v) is 8.85. The molecular formula is C10H18N4. The molecule has 2 N–H and O–H groups in total. The van der Waals surface area contributed by atoms with E-state index < -0.39 is 0 Å². The number of nitrogens with zero attached hydrogens (tertiary/aromatic N) is 3. The van der Waals surface area contributed by atoms with E-state index in [1.807, 2.05) is 17.9 Å². The largest absolute Gasteiger partial charge is 0.340 e. The standard InChI is InChI=1S/C10H18N4/c1-8-10(11)3-4-14(8)6-9-5-13(2)7-12-9/h5,7-8,10H,3-4,6,11H2,1-2H3. The molecule has 0 bridgehead atoms. The Balaban J connectivity index is 1.98. The average molecular weight is 194 g/mol. The SMILES string of the molecule is CC1C(N)CCN1Cc1cn(C)cn1. The summed E-state index contributed by atoms with van der Waals surface area (Å²) in [5.41, 5.74) is 7.09. The van der Waals surface area contributed by atoms with Gasteiger partial charge >= 0.3 is 0 Å². The lowest BCUT2D eigenvalue weighted by atomic mass is 10.2. The lowest BCUT2D eigenvalue weighted by Gasteiger charge is -2.21. The van der Waals surface area contributed by atoms with Crippen molar-refractivity contribution in [1.29, 1.82) is 0 Å². The Morgan fingerprint density at radius 1 is 1.64 bits per heavy atom. The Bertz CT molecular complexity index is 307. The van der Waals surface area contributed by atoms with E-state index in [9.17, 15) is 0 Å². The molecule has 78 valence electrons. The Labute approximate surface area is 84.7 Å². The molecule has 0 radical (unpaired) electrons. The quantitative estimate of drug-likeness (QED) is 0.738. The summed E-state index contributed by atoms with van der Waals surface area (Å²) in [5, 5.41) is 0. The van der Waals surface area contributed by atoms with Gasteiger partial charge in [-0.05, 0) is 13.3 Å². The fourth-order valence-corrected chi connectivity index (χ4v) is 2.01. The predicted octanol–water partition coefficient (Wildman–Crippen LogP) is 0.342. The van der Waals surface area contributed by atoms with Crippen LogP contribution in [-0.4, -0.2) is 33.1 Å². The number of aryl methyl sites for hydroxylation is 1. The third kappa shape index (κ3) is 1.81. The molecular weight excluding hydrogens is 176 g/mol. The minimum absolute atomic E-state index is 0.332. The zero-order valence-electron chi connectivity index (χ0n) is 8.85. The van der Waals surface area contributed by atoms with Crippen LogP contribution in [0.1, 0.15) is 19.0 Å². The molecule has 2 heterocycles. The lowest BCUT2D eigenvalue weighted by molar-refractivity contribution is 0.249. The molecule has 14 heavy (non-hydrogen) atoms. The van der Waals surface area contributed by atoms with Crippen LogP contribution in [0, 0.1) is 0 Å². The van der Waals surface area contributed by atoms with Gasteiger partial charge in [0.1, 0.15) is 0 Å². The molecule has 1 aliphatic rings. The third-order valence-corrected chi connectivity index (χ3v) is 3.07. The highest BCUT2D eigenvalue weighted by atomic mass is 15.2. The monoisotopic (exact) mass is 194 g/mol. The van der Waals surface area contributed by atoms with Crippen LogP contribution in [0.15, 0.2) is 12.5 Å². The van der Waals surface area contributed by atoms with Crippen molar-refractivity contribution >= 4 is 0 Å². The molecule has 4 heteroatoms. The van der Waals surface area contributed by atoms with Crippen LogP contribution in [0.2, 0.25) is 0 Å². The van der Waals surface area contributed by atoms with Gasteiger partial charge in [0.25, 0.3) is 0 Å². The van der Waals surface area contributed by atoms with Gasteiger partial charge in [-0.3, -0.25) is 4.90 Å². The Morgan fingerprint density at radius 2 is 2.43 bits per heavy atom. The van der Waals surface area contributed by atoms with Crippen LogP contribution in [-0.2, 0) is 13.6 Å². The molecule has 0 saturated carbocycles. The molecule has 0 spiro atoms. The molecule has 1 aliphatic heterocycles. The van der Waals surface area contributed by atoms with Gasteiger partial charge < -0.3 is 10.3 Å². The summed E-state index contributed by atoms with van der Waals surface area (Å²) in [6, 6.07) is 0.815. The topological polar surface area (TPSA) is 47.1 Å². The lowest BCUT2D eigenvalue weighted by Crippen LogP contribution is -2.36. The van der Waals surface area contributed by atoms with Crippen LogP contribution in [0.3, 0.4) is 0 Å². The first-order chi connectivity index (χ1) is 6.66. The highest BCUT2D eigenvalue weighted by Crippen LogP contribution is 2.17. The fraction of sp³-hybridized carbons (Fsp3) is 0.700. The molecule has 1 fully saturated rings. The van der Waals surface area contributed by atoms with E-state index in [1.165, 1.54) is 0 Å². The van der Waals surface area contributed by atoms with Gasteiger partial charge in [-0.25, -0.2) is 4.98 Å². The molecule has 1 saturated heterocycles. The van der Waals surface area contributed by atoms with E-state index in [4.69, 9.17) is 5.73 Å². The van der Waals surface area contributed by atoms with E-state index in [0.717, 1.165) is 25.2 Å². The zero-order chi connectivity index (χ0) is 10.1. The number of hydrogen-bond acceptors (Lipinski definition) is 3. The normalized spacial score (nSPS) is 28.5. The minimum Gasteiger partial charge on any atom is -0.340 e. The van der Waals surface area contributed by atoms with Crippen molar-refractivity contribution in [2.75, 3.05) is 6.54 Å². The smallest absolute Gasteiger partial charge is 0.0947 e. The Hall–Kier alpha value is -0.870. The fourth-order valence-electron chi connectivity index (χ4n) is 2.01. The first kappa shape index (κ1) is 9.68. The maximum Gasteiger partial charge on any atom is 0.0947 e. The number of aromatic nitrogens is 2. The van der Waals surface area contributed by atoms with E-state index in [0.29, 0.717) is 12.1 Å². The molecule has 0 aliphatic carbocycles. The van der Waals surface area contributed by atoms with Crippen molar-refractivity contribution in [3.05, 3.63) is 18.2 Å². The molecule has 1 aromatic heterocycles. The maximum absolute atomic E-state index is 5.96. The van der Waals surface area contributed by atoms with Gasteiger partial charge in [0.15, 0.2) is 0 Å². The van der Waals surface area contributed by atoms with Crippen LogP contribution in [0.5, 0.6) is 0 Å². The van der Waals surface area contributed by atoms with E-state index in [2.05, 4.69) is 23.0 Å². The first-order valence-corrected chi connectivity index (χ1v) is 5.13. The summed E-state index contributed by atoms with van der Waals surface area (Å²) in [6.45, 7) is 4.22. The van der Waals surface area contributed by atoms with Gasteiger partial charge in [0.2, 0.25) is 0 Å². The highest BCUT2D eigenvalue weighted by molar-refractivity contribution is 4.98. The number of hydrogen-bond donors (Lipinski definition) is 1. The van der Waals surface area contributed by atoms with Crippen LogP contribution in [0.4, 0.5) is 0 Å². The number of likely N-dealkylation sites (tertiary alicyclic amines) is 1. The second kappa shape index (κ2) is 3.71. The summed E-state index contributed by atoms with van der Waals surface area (Å²) in [6.07, 6.45) is 5.01. The summed E-state index contributed by atoms with van der Waals surface area (Å²) < 4.78 is 1.98. The van der Waals surface area contributed by atoms with Crippen LogP contribution >= 0.6 is 0 Å². The van der Waals surface area contributed by atoms with Crippen molar-refractivity contribution in [3.8, 4) is 0 Å². The van der Waals surface area contributed by atoms with Gasteiger partial charge in [-0.15, -0.1) is 0 Å². The van der Waals surface area contributed by atoms with Crippen molar-refractivity contribution in [2.24, 2.45) is 12.8 Å². The van der Waals surface area contributed by atoms with Crippen molar-refractivity contribution < 1.29 is 0 Å². The van der Waals surface area contributed by atoms with Gasteiger partial charge in [0.05, 0.1) is 12.0 Å². The Kier molecular flexibility index (Phi) is 2.56. The number of imidazole rings is 1. The highest BCUT2D eigenvalue weighted by Gasteiger charge is 2.27.